The van der Waals surface area contributed by atoms with E-state index < -0.39 is 0 Å². The molecule has 0 radical (unpaired) electrons. The molecule has 1 aromatic carbocycles. The third-order valence-electron chi connectivity index (χ3n) is 2.77. The number of aromatic nitrogens is 2. The molecule has 1 amide bonds. The monoisotopic (exact) mass is 255 g/mol. The molecule has 1 aromatic heterocycles. The second-order valence-corrected chi connectivity index (χ2v) is 4.65. The van der Waals surface area contributed by atoms with Crippen molar-refractivity contribution in [1.82, 2.24) is 9.97 Å². The lowest BCUT2D eigenvalue weighted by atomic mass is 10.2. The first kappa shape index (κ1) is 13.2. The number of carbonyl (C=O) groups is 1. The Morgan fingerprint density at radius 3 is 2.32 bits per heavy atom. The van der Waals surface area contributed by atoms with Gasteiger partial charge in [0.15, 0.2) is 0 Å². The molecule has 19 heavy (non-hydrogen) atoms. The topological polar surface area (TPSA) is 46.1 Å². The summed E-state index contributed by atoms with van der Waals surface area (Å²) in [6, 6.07) is 9.65. The lowest BCUT2D eigenvalue weighted by molar-refractivity contribution is 0.0975. The quantitative estimate of drug-likeness (QED) is 0.847. The highest BCUT2D eigenvalue weighted by Crippen LogP contribution is 2.18. The highest BCUT2D eigenvalue weighted by Gasteiger charge is 2.21. The number of carbonyl (C=O) groups excluding carboxylic acids is 1. The van der Waals surface area contributed by atoms with Gasteiger partial charge in [0.1, 0.15) is 5.69 Å². The summed E-state index contributed by atoms with van der Waals surface area (Å²) in [5, 5.41) is 0. The fourth-order valence-electron chi connectivity index (χ4n) is 1.86. The minimum Gasteiger partial charge on any atom is -0.304 e. The summed E-state index contributed by atoms with van der Waals surface area (Å²) in [5.74, 6) is -0.131. The van der Waals surface area contributed by atoms with E-state index in [1.165, 1.54) is 6.20 Å². The fourth-order valence-corrected chi connectivity index (χ4v) is 1.86. The zero-order valence-corrected chi connectivity index (χ0v) is 11.4. The van der Waals surface area contributed by atoms with E-state index in [0.717, 1.165) is 11.4 Å². The van der Waals surface area contributed by atoms with E-state index in [1.54, 1.807) is 11.1 Å². The summed E-state index contributed by atoms with van der Waals surface area (Å²) >= 11 is 0. The number of rotatable bonds is 3. The lowest BCUT2D eigenvalue weighted by Gasteiger charge is -2.26. The van der Waals surface area contributed by atoms with E-state index in [4.69, 9.17) is 0 Å². The molecule has 0 bridgehead atoms. The highest BCUT2D eigenvalue weighted by molar-refractivity contribution is 6.04. The van der Waals surface area contributed by atoms with Gasteiger partial charge in [0.05, 0.1) is 11.9 Å². The van der Waals surface area contributed by atoms with Gasteiger partial charge in [0.25, 0.3) is 5.91 Å². The predicted octanol–water partition coefficient (Wildman–Crippen LogP) is 2.84. The normalized spacial score (nSPS) is 10.5. The van der Waals surface area contributed by atoms with Gasteiger partial charge in [-0.05, 0) is 32.9 Å². The smallest absolute Gasteiger partial charge is 0.278 e. The molecule has 4 nitrogen and oxygen atoms in total. The van der Waals surface area contributed by atoms with Gasteiger partial charge >= 0.3 is 0 Å². The van der Waals surface area contributed by atoms with Gasteiger partial charge in [-0.2, -0.15) is 0 Å². The molecule has 2 aromatic rings. The van der Waals surface area contributed by atoms with Gasteiger partial charge < -0.3 is 4.90 Å². The van der Waals surface area contributed by atoms with E-state index in [1.807, 2.05) is 51.1 Å². The van der Waals surface area contributed by atoms with Gasteiger partial charge in [-0.25, -0.2) is 4.98 Å². The number of amides is 1. The zero-order chi connectivity index (χ0) is 13.8. The molecule has 0 N–H and O–H groups in total. The number of anilines is 1. The zero-order valence-electron chi connectivity index (χ0n) is 11.4. The van der Waals surface area contributed by atoms with Crippen molar-refractivity contribution in [3.63, 3.8) is 0 Å². The number of nitrogens with zero attached hydrogens (tertiary/aromatic N) is 3. The van der Waals surface area contributed by atoms with Crippen molar-refractivity contribution >= 4 is 11.6 Å². The Balaban J connectivity index is 2.35. The Morgan fingerprint density at radius 2 is 1.79 bits per heavy atom. The van der Waals surface area contributed by atoms with E-state index >= 15 is 0 Å². The minimum atomic E-state index is -0.131. The van der Waals surface area contributed by atoms with Crippen molar-refractivity contribution in [1.29, 1.82) is 0 Å². The molecule has 2 rings (SSSR count). The highest BCUT2D eigenvalue weighted by atomic mass is 16.2. The molecule has 98 valence electrons. The molecule has 0 aliphatic carbocycles. The number of hydrogen-bond acceptors (Lipinski definition) is 3. The Kier molecular flexibility index (Phi) is 3.90. The van der Waals surface area contributed by atoms with Crippen molar-refractivity contribution in [3.05, 3.63) is 54.1 Å². The van der Waals surface area contributed by atoms with Gasteiger partial charge in [-0.15, -0.1) is 0 Å². The van der Waals surface area contributed by atoms with Crippen LogP contribution in [0.5, 0.6) is 0 Å². The van der Waals surface area contributed by atoms with Crippen LogP contribution < -0.4 is 4.90 Å². The summed E-state index contributed by atoms with van der Waals surface area (Å²) < 4.78 is 0. The molecular formula is C15H17N3O. The van der Waals surface area contributed by atoms with Gasteiger partial charge in [-0.3, -0.25) is 9.78 Å². The average Bonchev–Trinajstić information content (AvgIpc) is 2.40. The van der Waals surface area contributed by atoms with Crippen molar-refractivity contribution in [2.75, 3.05) is 4.90 Å². The molecule has 0 saturated carbocycles. The summed E-state index contributed by atoms with van der Waals surface area (Å²) in [5.41, 5.74) is 2.03. The average molecular weight is 255 g/mol. The third kappa shape index (κ3) is 2.96. The first-order valence-corrected chi connectivity index (χ1v) is 6.27. The number of para-hydroxylation sites is 1. The SMILES string of the molecule is Cc1cnc(C(=O)N(c2ccccc2)C(C)C)cn1. The maximum atomic E-state index is 12.5. The molecule has 1 heterocycles. The lowest BCUT2D eigenvalue weighted by Crippen LogP contribution is -2.37. The maximum Gasteiger partial charge on any atom is 0.278 e. The molecule has 0 aliphatic rings. The predicted molar refractivity (Wildman–Crippen MR) is 75.2 cm³/mol. The summed E-state index contributed by atoms with van der Waals surface area (Å²) in [4.78, 5) is 22.5. The second-order valence-electron chi connectivity index (χ2n) is 4.65. The molecule has 0 fully saturated rings. The van der Waals surface area contributed by atoms with Crippen molar-refractivity contribution in [2.24, 2.45) is 0 Å². The van der Waals surface area contributed by atoms with Crippen LogP contribution in [0.15, 0.2) is 42.7 Å². The standard InChI is InChI=1S/C15H17N3O/c1-11(2)18(13-7-5-4-6-8-13)15(19)14-10-16-12(3)9-17-14/h4-11H,1-3H3. The fraction of sp³-hybridized carbons (Fsp3) is 0.267. The van der Waals surface area contributed by atoms with Crippen molar-refractivity contribution < 1.29 is 4.79 Å². The third-order valence-corrected chi connectivity index (χ3v) is 2.77. The van der Waals surface area contributed by atoms with Crippen LogP contribution in [0.3, 0.4) is 0 Å². The van der Waals surface area contributed by atoms with Crippen LogP contribution in [-0.2, 0) is 0 Å². The molecule has 0 saturated heterocycles. The Bertz CT molecular complexity index is 549. The Morgan fingerprint density at radius 1 is 1.11 bits per heavy atom. The minimum absolute atomic E-state index is 0.0537. The largest absolute Gasteiger partial charge is 0.304 e. The van der Waals surface area contributed by atoms with Gasteiger partial charge in [0.2, 0.25) is 0 Å². The molecule has 4 heteroatoms. The van der Waals surface area contributed by atoms with E-state index in [2.05, 4.69) is 9.97 Å². The van der Waals surface area contributed by atoms with Crippen LogP contribution in [0.4, 0.5) is 5.69 Å². The number of aryl methyl sites for hydroxylation is 1. The first-order valence-electron chi connectivity index (χ1n) is 6.27. The van der Waals surface area contributed by atoms with Crippen LogP contribution >= 0.6 is 0 Å². The van der Waals surface area contributed by atoms with Crippen molar-refractivity contribution in [3.8, 4) is 0 Å². The van der Waals surface area contributed by atoms with Crippen LogP contribution in [0.25, 0.3) is 0 Å². The number of benzene rings is 1. The van der Waals surface area contributed by atoms with Crippen LogP contribution in [-0.4, -0.2) is 21.9 Å². The first-order chi connectivity index (χ1) is 9.09. The Labute approximate surface area is 113 Å². The molecule has 0 spiro atoms. The van der Waals surface area contributed by atoms with Gasteiger partial charge in [0, 0.05) is 17.9 Å². The van der Waals surface area contributed by atoms with Crippen LogP contribution in [0.2, 0.25) is 0 Å². The van der Waals surface area contributed by atoms with Crippen LogP contribution in [0.1, 0.15) is 30.0 Å². The second kappa shape index (κ2) is 5.61. The summed E-state index contributed by atoms with van der Waals surface area (Å²) in [7, 11) is 0. The summed E-state index contributed by atoms with van der Waals surface area (Å²) in [6.07, 6.45) is 3.13. The molecule has 0 aliphatic heterocycles. The molecule has 0 unspecified atom stereocenters. The van der Waals surface area contributed by atoms with E-state index in [0.29, 0.717) is 5.69 Å². The van der Waals surface area contributed by atoms with E-state index in [-0.39, 0.29) is 11.9 Å². The van der Waals surface area contributed by atoms with Crippen molar-refractivity contribution in [2.45, 2.75) is 26.8 Å². The van der Waals surface area contributed by atoms with Crippen LogP contribution in [0, 0.1) is 6.92 Å². The maximum absolute atomic E-state index is 12.5. The van der Waals surface area contributed by atoms with E-state index in [9.17, 15) is 4.79 Å². The number of hydrogen-bond donors (Lipinski definition) is 0. The molecular weight excluding hydrogens is 238 g/mol. The molecule has 0 atom stereocenters. The van der Waals surface area contributed by atoms with Gasteiger partial charge in [-0.1, -0.05) is 18.2 Å². The Hall–Kier alpha value is -2.23. The summed E-state index contributed by atoms with van der Waals surface area (Å²) in [6.45, 7) is 5.80.